The molecule has 2 unspecified atom stereocenters. The summed E-state index contributed by atoms with van der Waals surface area (Å²) in [6.45, 7) is 6.85. The van der Waals surface area contributed by atoms with Crippen molar-refractivity contribution in [3.63, 3.8) is 0 Å². The smallest absolute Gasteiger partial charge is 0.0736 e. The van der Waals surface area contributed by atoms with Gasteiger partial charge >= 0.3 is 0 Å². The van der Waals surface area contributed by atoms with E-state index in [0.717, 1.165) is 12.6 Å². The van der Waals surface area contributed by atoms with Crippen LogP contribution in [0.2, 0.25) is 0 Å². The highest BCUT2D eigenvalue weighted by atomic mass is 31.1. The van der Waals surface area contributed by atoms with Crippen LogP contribution in [-0.2, 0) is 4.57 Å². The van der Waals surface area contributed by atoms with E-state index in [-0.39, 0.29) is 0 Å². The van der Waals surface area contributed by atoms with E-state index in [1.54, 1.807) is 0 Å². The van der Waals surface area contributed by atoms with Crippen molar-refractivity contribution in [3.8, 4) is 0 Å². The molecule has 0 aromatic carbocycles. The Hall–Kier alpha value is 0.190. The van der Waals surface area contributed by atoms with Gasteiger partial charge in [0.1, 0.15) is 0 Å². The maximum Gasteiger partial charge on any atom is 0.0736 e. The Morgan fingerprint density at radius 2 is 2.00 bits per heavy atom. The molecule has 0 spiro atoms. The van der Waals surface area contributed by atoms with Gasteiger partial charge in [0.25, 0.3) is 0 Å². The molecule has 68 valence electrons. The zero-order valence-corrected chi connectivity index (χ0v) is 8.76. The van der Waals surface area contributed by atoms with Crippen LogP contribution in [-0.4, -0.2) is 19.4 Å². The molecule has 0 aliphatic heterocycles. The van der Waals surface area contributed by atoms with Crippen LogP contribution in [0.15, 0.2) is 0 Å². The number of rotatable bonds is 5. The molecule has 3 heteroatoms. The summed E-state index contributed by atoms with van der Waals surface area (Å²) in [5.74, 6) is 1.15. The summed E-state index contributed by atoms with van der Waals surface area (Å²) in [4.78, 5) is 0. The average molecular weight is 177 g/mol. The van der Waals surface area contributed by atoms with Crippen molar-refractivity contribution in [1.29, 1.82) is 0 Å². The standard InChI is InChI=1S/C8H20NOP/c1-7(2)4-8(5-9)6-11(3)10/h7-8,11H,4-6,9H2,1-3H3. The van der Waals surface area contributed by atoms with E-state index in [1.165, 1.54) is 0 Å². The second-order valence-electron chi connectivity index (χ2n) is 3.64. The summed E-state index contributed by atoms with van der Waals surface area (Å²) in [6.07, 6.45) is 1.94. The minimum Gasteiger partial charge on any atom is -0.330 e. The first-order valence-electron chi connectivity index (χ1n) is 4.25. The van der Waals surface area contributed by atoms with Gasteiger partial charge in [-0.2, -0.15) is 0 Å². The van der Waals surface area contributed by atoms with Crippen molar-refractivity contribution in [2.75, 3.05) is 19.4 Å². The summed E-state index contributed by atoms with van der Waals surface area (Å²) in [7, 11) is -1.32. The second kappa shape index (κ2) is 5.79. The Bertz CT molecular complexity index is 125. The van der Waals surface area contributed by atoms with E-state index in [9.17, 15) is 4.57 Å². The first kappa shape index (κ1) is 11.2. The van der Waals surface area contributed by atoms with E-state index >= 15 is 0 Å². The van der Waals surface area contributed by atoms with E-state index in [2.05, 4.69) is 13.8 Å². The van der Waals surface area contributed by atoms with Crippen molar-refractivity contribution in [2.24, 2.45) is 17.6 Å². The zero-order chi connectivity index (χ0) is 8.85. The highest BCUT2D eigenvalue weighted by molar-refractivity contribution is 7.43. The van der Waals surface area contributed by atoms with E-state index in [1.807, 2.05) is 6.66 Å². The molecule has 0 fully saturated rings. The molecule has 11 heavy (non-hydrogen) atoms. The highest BCUT2D eigenvalue weighted by Gasteiger charge is 2.09. The Morgan fingerprint density at radius 1 is 1.45 bits per heavy atom. The van der Waals surface area contributed by atoms with Crippen LogP contribution >= 0.6 is 7.80 Å². The molecule has 0 saturated heterocycles. The van der Waals surface area contributed by atoms with Gasteiger partial charge in [0.15, 0.2) is 0 Å². The lowest BCUT2D eigenvalue weighted by Crippen LogP contribution is -2.18. The fourth-order valence-corrected chi connectivity index (χ4v) is 2.48. The van der Waals surface area contributed by atoms with Crippen molar-refractivity contribution in [1.82, 2.24) is 0 Å². The summed E-state index contributed by atoms with van der Waals surface area (Å²) < 4.78 is 10.9. The van der Waals surface area contributed by atoms with Crippen molar-refractivity contribution in [3.05, 3.63) is 0 Å². The molecule has 0 radical (unpaired) electrons. The molecule has 0 bridgehead atoms. The van der Waals surface area contributed by atoms with Crippen LogP contribution < -0.4 is 5.73 Å². The monoisotopic (exact) mass is 177 g/mol. The predicted octanol–water partition coefficient (Wildman–Crippen LogP) is 1.80. The van der Waals surface area contributed by atoms with Gasteiger partial charge in [-0.25, -0.2) is 0 Å². The third-order valence-corrected chi connectivity index (χ3v) is 2.87. The molecule has 0 aliphatic carbocycles. The summed E-state index contributed by atoms with van der Waals surface area (Å²) in [6, 6.07) is 0. The fourth-order valence-electron chi connectivity index (χ4n) is 1.34. The molecule has 0 rings (SSSR count). The van der Waals surface area contributed by atoms with Gasteiger partial charge in [-0.15, -0.1) is 0 Å². The SMILES string of the molecule is CC(C)CC(CN)C[PH](C)=O. The lowest BCUT2D eigenvalue weighted by atomic mass is 9.99. The van der Waals surface area contributed by atoms with Crippen LogP contribution in [0, 0.1) is 11.8 Å². The van der Waals surface area contributed by atoms with Gasteiger partial charge in [0.05, 0.1) is 7.80 Å². The minimum atomic E-state index is -1.32. The molecule has 0 saturated carbocycles. The lowest BCUT2D eigenvalue weighted by molar-refractivity contribution is 0.447. The molecular formula is C8H20NOP. The zero-order valence-electron chi connectivity index (χ0n) is 7.76. The van der Waals surface area contributed by atoms with Crippen LogP contribution in [0.1, 0.15) is 20.3 Å². The van der Waals surface area contributed by atoms with Gasteiger partial charge in [0.2, 0.25) is 0 Å². The lowest BCUT2D eigenvalue weighted by Gasteiger charge is -2.15. The normalized spacial score (nSPS) is 16.8. The van der Waals surface area contributed by atoms with Crippen molar-refractivity contribution in [2.45, 2.75) is 20.3 Å². The Balaban J connectivity index is 3.66. The van der Waals surface area contributed by atoms with Crippen molar-refractivity contribution >= 4 is 7.80 Å². The molecule has 0 aromatic rings. The molecule has 0 aliphatic rings. The minimum absolute atomic E-state index is 0.478. The first-order valence-corrected chi connectivity index (χ1v) is 6.37. The highest BCUT2D eigenvalue weighted by Crippen LogP contribution is 2.22. The van der Waals surface area contributed by atoms with E-state index in [4.69, 9.17) is 5.73 Å². The topological polar surface area (TPSA) is 43.1 Å². The van der Waals surface area contributed by atoms with Crippen LogP contribution in [0.3, 0.4) is 0 Å². The fraction of sp³-hybridized carbons (Fsp3) is 1.00. The van der Waals surface area contributed by atoms with Crippen LogP contribution in [0.5, 0.6) is 0 Å². The van der Waals surface area contributed by atoms with Crippen LogP contribution in [0.4, 0.5) is 0 Å². The quantitative estimate of drug-likeness (QED) is 0.651. The maximum absolute atomic E-state index is 10.9. The third-order valence-electron chi connectivity index (χ3n) is 1.71. The Labute approximate surface area is 70.3 Å². The first-order chi connectivity index (χ1) is 5.06. The Morgan fingerprint density at radius 3 is 2.27 bits per heavy atom. The van der Waals surface area contributed by atoms with Gasteiger partial charge in [0, 0.05) is 6.16 Å². The summed E-state index contributed by atoms with van der Waals surface area (Å²) >= 11 is 0. The molecule has 0 heterocycles. The van der Waals surface area contributed by atoms with Gasteiger partial charge in [-0.1, -0.05) is 13.8 Å². The van der Waals surface area contributed by atoms with E-state index < -0.39 is 7.80 Å². The second-order valence-corrected chi connectivity index (χ2v) is 5.45. The van der Waals surface area contributed by atoms with Gasteiger partial charge in [-0.05, 0) is 31.5 Å². The van der Waals surface area contributed by atoms with Crippen LogP contribution in [0.25, 0.3) is 0 Å². The molecule has 2 atom stereocenters. The van der Waals surface area contributed by atoms with Crippen molar-refractivity contribution < 1.29 is 4.57 Å². The number of nitrogens with two attached hydrogens (primary N) is 1. The summed E-state index contributed by atoms with van der Waals surface area (Å²) in [5.41, 5.74) is 5.55. The molecule has 0 amide bonds. The average Bonchev–Trinajstić information content (AvgIpc) is 1.84. The number of hydrogen-bond donors (Lipinski definition) is 1. The largest absolute Gasteiger partial charge is 0.330 e. The Kier molecular flexibility index (Phi) is 5.89. The molecule has 2 nitrogen and oxygen atoms in total. The van der Waals surface area contributed by atoms with Gasteiger partial charge in [-0.3, -0.25) is 0 Å². The third kappa shape index (κ3) is 6.58. The maximum atomic E-state index is 10.9. The molecular weight excluding hydrogens is 157 g/mol. The number of hydrogen-bond acceptors (Lipinski definition) is 2. The molecule has 2 N–H and O–H groups in total. The predicted molar refractivity (Wildman–Crippen MR) is 51.8 cm³/mol. The van der Waals surface area contributed by atoms with E-state index in [0.29, 0.717) is 18.4 Å². The molecule has 0 aromatic heterocycles. The van der Waals surface area contributed by atoms with Gasteiger partial charge < -0.3 is 10.3 Å². The summed E-state index contributed by atoms with van der Waals surface area (Å²) in [5, 5.41) is 0.